The Balaban J connectivity index is 1.27. The van der Waals surface area contributed by atoms with E-state index in [4.69, 9.17) is 35.4 Å². The second-order valence-electron chi connectivity index (χ2n) is 11.0. The van der Waals surface area contributed by atoms with Crippen molar-refractivity contribution < 1.29 is 8.83 Å². The molecule has 1 N–H and O–H groups in total. The molecule has 1 aliphatic heterocycles. The number of nitrogens with one attached hydrogen (secondary N) is 1. The van der Waals surface area contributed by atoms with Gasteiger partial charge >= 0.3 is 0 Å². The van der Waals surface area contributed by atoms with Gasteiger partial charge in [-0.25, -0.2) is 15.0 Å². The summed E-state index contributed by atoms with van der Waals surface area (Å²) in [6.07, 6.45) is 1.96. The summed E-state index contributed by atoms with van der Waals surface area (Å²) in [5.41, 5.74) is 8.13. The summed E-state index contributed by atoms with van der Waals surface area (Å²) in [5.74, 6) is 2.48. The first-order valence-corrected chi connectivity index (χ1v) is 15.1. The Kier molecular flexibility index (Phi) is 5.83. The van der Waals surface area contributed by atoms with Gasteiger partial charge in [-0.2, -0.15) is 0 Å². The quantitative estimate of drug-likeness (QED) is 0.216. The fourth-order valence-electron chi connectivity index (χ4n) is 6.18. The van der Waals surface area contributed by atoms with Crippen molar-refractivity contribution in [3.8, 4) is 33.9 Å². The van der Waals surface area contributed by atoms with Gasteiger partial charge < -0.3 is 14.2 Å². The smallest absolute Gasteiger partial charge is 0.166 e. The summed E-state index contributed by atoms with van der Waals surface area (Å²) in [5, 5.41) is 6.91. The number of halogens is 1. The van der Waals surface area contributed by atoms with Crippen LogP contribution >= 0.6 is 11.6 Å². The van der Waals surface area contributed by atoms with E-state index < -0.39 is 0 Å². The fourth-order valence-corrected chi connectivity index (χ4v) is 6.35. The minimum Gasteiger partial charge on any atom is -0.458 e. The first kappa shape index (κ1) is 25.7. The molecule has 4 heterocycles. The molecule has 0 fully saturated rings. The van der Waals surface area contributed by atoms with E-state index in [0.29, 0.717) is 29.0 Å². The second kappa shape index (κ2) is 10.2. The predicted octanol–water partition coefficient (Wildman–Crippen LogP) is 9.66. The third-order valence-corrected chi connectivity index (χ3v) is 8.51. The van der Waals surface area contributed by atoms with E-state index in [1.54, 1.807) is 0 Å². The monoisotopic (exact) mass is 602 g/mol. The van der Waals surface area contributed by atoms with Crippen LogP contribution in [-0.2, 0) is 6.54 Å². The van der Waals surface area contributed by atoms with Gasteiger partial charge in [-0.3, -0.25) is 0 Å². The van der Waals surface area contributed by atoms with Crippen LogP contribution < -0.4 is 5.32 Å². The molecule has 0 bridgehead atoms. The van der Waals surface area contributed by atoms with Crippen LogP contribution in [0.3, 0.4) is 0 Å². The standard InChI is InChI=1S/C38H23ClN4O2/c39-25-17-18-27-32(19-25)45-33-21-40-20-29(35(27)33)38-42-36(24-15-13-23(14-16-24)22-7-2-1-3-8-22)41-37(43-38)28-10-6-12-31-34(28)26-9-4-5-11-30(26)44-31/h1-20,40H,21H2. The fraction of sp³-hybridized carbons (Fsp3) is 0.0263. The van der Waals surface area contributed by atoms with Crippen molar-refractivity contribution in [2.75, 3.05) is 0 Å². The Morgan fingerprint density at radius 1 is 0.578 bits per heavy atom. The highest BCUT2D eigenvalue weighted by atomic mass is 35.5. The summed E-state index contributed by atoms with van der Waals surface area (Å²) in [6.45, 7) is 0.553. The van der Waals surface area contributed by atoms with Crippen molar-refractivity contribution in [3.05, 3.63) is 144 Å². The molecule has 0 saturated heterocycles. The van der Waals surface area contributed by atoms with E-state index >= 15 is 0 Å². The van der Waals surface area contributed by atoms with E-state index in [9.17, 15) is 0 Å². The van der Waals surface area contributed by atoms with Crippen molar-refractivity contribution in [1.82, 2.24) is 20.3 Å². The maximum Gasteiger partial charge on any atom is 0.166 e. The number of para-hydroxylation sites is 1. The maximum absolute atomic E-state index is 6.31. The van der Waals surface area contributed by atoms with Crippen LogP contribution in [0.25, 0.3) is 72.4 Å². The lowest BCUT2D eigenvalue weighted by Crippen LogP contribution is -2.14. The van der Waals surface area contributed by atoms with Gasteiger partial charge in [-0.05, 0) is 35.4 Å². The van der Waals surface area contributed by atoms with Crippen molar-refractivity contribution in [1.29, 1.82) is 0 Å². The highest BCUT2D eigenvalue weighted by molar-refractivity contribution is 6.31. The molecule has 3 aromatic heterocycles. The zero-order chi connectivity index (χ0) is 29.9. The van der Waals surface area contributed by atoms with Crippen molar-refractivity contribution in [2.24, 2.45) is 0 Å². The average Bonchev–Trinajstić information content (AvgIpc) is 3.66. The number of furan rings is 2. The molecule has 1 aliphatic rings. The largest absolute Gasteiger partial charge is 0.458 e. The number of rotatable bonds is 4. The van der Waals surface area contributed by atoms with Crippen LogP contribution in [0.4, 0.5) is 0 Å². The van der Waals surface area contributed by atoms with Gasteiger partial charge in [0.25, 0.3) is 0 Å². The maximum atomic E-state index is 6.31. The number of aromatic nitrogens is 3. The number of benzene rings is 5. The number of hydrogen-bond acceptors (Lipinski definition) is 6. The molecule has 0 aliphatic carbocycles. The molecule has 0 atom stereocenters. The third kappa shape index (κ3) is 4.30. The Labute approximate surface area is 262 Å². The molecule has 0 unspecified atom stereocenters. The van der Waals surface area contributed by atoms with Crippen LogP contribution in [0.15, 0.2) is 130 Å². The van der Waals surface area contributed by atoms with E-state index in [0.717, 1.165) is 72.1 Å². The summed E-state index contributed by atoms with van der Waals surface area (Å²) in [4.78, 5) is 15.3. The molecule has 45 heavy (non-hydrogen) atoms. The Hall–Kier alpha value is -5.72. The average molecular weight is 603 g/mol. The second-order valence-corrected chi connectivity index (χ2v) is 11.4. The number of nitrogens with zero attached hydrogens (tertiary/aromatic N) is 3. The van der Waals surface area contributed by atoms with Crippen LogP contribution in [0.2, 0.25) is 5.02 Å². The van der Waals surface area contributed by atoms with Gasteiger partial charge in [0.05, 0.1) is 6.54 Å². The normalized spacial score (nSPS) is 12.8. The van der Waals surface area contributed by atoms with E-state index in [1.807, 2.05) is 79.0 Å². The van der Waals surface area contributed by atoms with Gasteiger partial charge in [0.15, 0.2) is 17.5 Å². The van der Waals surface area contributed by atoms with Crippen LogP contribution in [0.1, 0.15) is 17.1 Å². The van der Waals surface area contributed by atoms with E-state index in [1.165, 1.54) is 0 Å². The molecule has 0 radical (unpaired) electrons. The molecule has 0 amide bonds. The van der Waals surface area contributed by atoms with Gasteiger partial charge in [-0.15, -0.1) is 0 Å². The van der Waals surface area contributed by atoms with E-state index in [2.05, 4.69) is 47.8 Å². The zero-order valence-corrected chi connectivity index (χ0v) is 24.5. The van der Waals surface area contributed by atoms with Crippen LogP contribution in [-0.4, -0.2) is 15.0 Å². The molecule has 6 nitrogen and oxygen atoms in total. The molecular formula is C38H23ClN4O2. The zero-order valence-electron chi connectivity index (χ0n) is 23.8. The minimum absolute atomic E-state index is 0.540. The van der Waals surface area contributed by atoms with Crippen molar-refractivity contribution >= 4 is 50.1 Å². The first-order valence-electron chi connectivity index (χ1n) is 14.7. The summed E-state index contributed by atoms with van der Waals surface area (Å²) in [7, 11) is 0. The predicted molar refractivity (Wildman–Crippen MR) is 179 cm³/mol. The third-order valence-electron chi connectivity index (χ3n) is 8.27. The molecular weight excluding hydrogens is 580 g/mol. The molecule has 0 saturated carbocycles. The molecule has 5 aromatic carbocycles. The Morgan fingerprint density at radius 2 is 1.31 bits per heavy atom. The highest BCUT2D eigenvalue weighted by Crippen LogP contribution is 2.39. The molecule has 9 rings (SSSR count). The lowest BCUT2D eigenvalue weighted by atomic mass is 9.99. The van der Waals surface area contributed by atoms with Crippen molar-refractivity contribution in [3.63, 3.8) is 0 Å². The van der Waals surface area contributed by atoms with Crippen molar-refractivity contribution in [2.45, 2.75) is 6.54 Å². The Morgan fingerprint density at radius 3 is 2.20 bits per heavy atom. The number of hydrogen-bond donors (Lipinski definition) is 1. The van der Waals surface area contributed by atoms with Gasteiger partial charge in [0, 0.05) is 55.7 Å². The van der Waals surface area contributed by atoms with E-state index in [-0.39, 0.29) is 0 Å². The minimum atomic E-state index is 0.540. The lowest BCUT2D eigenvalue weighted by Gasteiger charge is -2.15. The SMILES string of the molecule is Clc1ccc2c3c(oc2c1)CNC=C3c1nc(-c2ccc(-c3ccccc3)cc2)nc(-c2cccc3oc4ccccc4c23)n1. The Bertz CT molecular complexity index is 2440. The topological polar surface area (TPSA) is 77.0 Å². The van der Waals surface area contributed by atoms with Gasteiger partial charge in [0.1, 0.15) is 22.5 Å². The van der Waals surface area contributed by atoms with Gasteiger partial charge in [-0.1, -0.05) is 96.5 Å². The first-order chi connectivity index (χ1) is 22.2. The molecule has 8 aromatic rings. The summed E-state index contributed by atoms with van der Waals surface area (Å²) in [6, 6.07) is 38.4. The lowest BCUT2D eigenvalue weighted by molar-refractivity contribution is 0.531. The molecule has 7 heteroatoms. The highest BCUT2D eigenvalue weighted by Gasteiger charge is 2.26. The molecule has 0 spiro atoms. The summed E-state index contributed by atoms with van der Waals surface area (Å²) < 4.78 is 12.4. The summed E-state index contributed by atoms with van der Waals surface area (Å²) >= 11 is 6.31. The van der Waals surface area contributed by atoms with Gasteiger partial charge in [0.2, 0.25) is 0 Å². The number of fused-ring (bicyclic) bond motifs is 6. The van der Waals surface area contributed by atoms with Crippen LogP contribution in [0, 0.1) is 0 Å². The molecule has 214 valence electrons. The van der Waals surface area contributed by atoms with Crippen LogP contribution in [0.5, 0.6) is 0 Å².